The number of benzene rings is 7. The van der Waals surface area contributed by atoms with Gasteiger partial charge in [-0.25, -0.2) is 9.97 Å². The summed E-state index contributed by atoms with van der Waals surface area (Å²) < 4.78 is 5.97. The Morgan fingerprint density at radius 3 is 1.59 bits per heavy atom. The van der Waals surface area contributed by atoms with E-state index in [1.807, 2.05) is 0 Å². The van der Waals surface area contributed by atoms with Crippen LogP contribution in [0.15, 0.2) is 158 Å². The quantitative estimate of drug-likeness (QED) is 0.192. The van der Waals surface area contributed by atoms with Gasteiger partial charge in [-0.2, -0.15) is 0 Å². The van der Waals surface area contributed by atoms with E-state index < -0.39 is 0 Å². The highest BCUT2D eigenvalue weighted by molar-refractivity contribution is 7.25. The van der Waals surface area contributed by atoms with E-state index in [9.17, 15) is 0 Å². The Hall–Kier alpha value is -6.30. The van der Waals surface area contributed by atoms with Crippen LogP contribution in [0.1, 0.15) is 0 Å². The number of para-hydroxylation sites is 3. The van der Waals surface area contributed by atoms with Gasteiger partial charge in [0, 0.05) is 48.3 Å². The van der Waals surface area contributed by atoms with Gasteiger partial charge in [0.05, 0.1) is 27.8 Å². The zero-order chi connectivity index (χ0) is 32.1. The summed E-state index contributed by atoms with van der Waals surface area (Å²) in [7, 11) is 0. The van der Waals surface area contributed by atoms with Crippen LogP contribution in [0.5, 0.6) is 0 Å². The van der Waals surface area contributed by atoms with Crippen LogP contribution in [0.4, 0.5) is 0 Å². The lowest BCUT2D eigenvalue weighted by atomic mass is 9.98. The molecule has 4 nitrogen and oxygen atoms in total. The Labute approximate surface area is 284 Å². The molecule has 0 bridgehead atoms. The van der Waals surface area contributed by atoms with Gasteiger partial charge in [0.15, 0.2) is 0 Å². The summed E-state index contributed by atoms with van der Waals surface area (Å²) in [5, 5.41) is 9.60. The third-order valence-corrected chi connectivity index (χ3v) is 11.0. The van der Waals surface area contributed by atoms with E-state index in [1.165, 1.54) is 47.9 Å². The highest BCUT2D eigenvalue weighted by atomic mass is 32.1. The minimum Gasteiger partial charge on any atom is -0.307 e. The van der Waals surface area contributed by atoms with Gasteiger partial charge in [0.1, 0.15) is 4.83 Å². The topological polar surface area (TPSA) is 35.6 Å². The molecule has 0 saturated heterocycles. The number of rotatable bonds is 3. The predicted molar refractivity (Wildman–Crippen MR) is 207 cm³/mol. The van der Waals surface area contributed by atoms with E-state index in [1.54, 1.807) is 11.3 Å². The number of aromatic nitrogens is 4. The largest absolute Gasteiger partial charge is 0.307 e. The summed E-state index contributed by atoms with van der Waals surface area (Å²) in [5.41, 5.74) is 7.66. The maximum atomic E-state index is 5.53. The van der Waals surface area contributed by atoms with Crippen molar-refractivity contribution in [2.75, 3.05) is 0 Å². The van der Waals surface area contributed by atoms with Crippen LogP contribution in [0, 0.1) is 0 Å². The lowest BCUT2D eigenvalue weighted by Crippen LogP contribution is -2.04. The first-order valence-corrected chi connectivity index (χ1v) is 17.3. The lowest BCUT2D eigenvalue weighted by Gasteiger charge is -2.14. The molecule has 0 fully saturated rings. The second kappa shape index (κ2) is 10.1. The van der Waals surface area contributed by atoms with Crippen LogP contribution in [-0.4, -0.2) is 19.1 Å². The zero-order valence-corrected chi connectivity index (χ0v) is 27.0. The van der Waals surface area contributed by atoms with Crippen LogP contribution in [0.2, 0.25) is 0 Å². The molecule has 0 spiro atoms. The van der Waals surface area contributed by atoms with Crippen molar-refractivity contribution in [3.63, 3.8) is 0 Å². The van der Waals surface area contributed by atoms with Gasteiger partial charge in [-0.15, -0.1) is 11.3 Å². The maximum absolute atomic E-state index is 5.53. The molecule has 11 rings (SSSR count). The Morgan fingerprint density at radius 1 is 0.408 bits per heavy atom. The van der Waals surface area contributed by atoms with Crippen LogP contribution >= 0.6 is 11.3 Å². The van der Waals surface area contributed by atoms with E-state index in [2.05, 4.69) is 167 Å². The van der Waals surface area contributed by atoms with Crippen molar-refractivity contribution in [3.8, 4) is 22.9 Å². The standard InChI is InChI=1S/C44H26N4S/c1-3-15-27(16-4-1)40-39-33-23-11-14-26-36(33)49-43(39)46-44(45-40)48-35-25-13-10-22-32(35)38-30-20-8-7-19-29(30)37-31-21-9-12-24-34(31)47(41(37)42(38)48)28-17-5-2-6-18-28/h1-26H. The molecule has 4 aromatic heterocycles. The molecule has 0 amide bonds. The smallest absolute Gasteiger partial charge is 0.236 e. The molecule has 0 aliphatic rings. The molecule has 0 saturated carbocycles. The van der Waals surface area contributed by atoms with Crippen molar-refractivity contribution < 1.29 is 0 Å². The van der Waals surface area contributed by atoms with Gasteiger partial charge < -0.3 is 4.57 Å². The molecule has 5 heteroatoms. The van der Waals surface area contributed by atoms with Crippen molar-refractivity contribution in [1.82, 2.24) is 19.1 Å². The first kappa shape index (κ1) is 26.7. The zero-order valence-electron chi connectivity index (χ0n) is 26.2. The SMILES string of the molecule is c1ccc(-c2nc(-n3c4ccccc4c4c5ccccc5c5c6ccccc6n(-c6ccccc6)c5c43)nc3sc4ccccc4c23)cc1. The minimum atomic E-state index is 0.672. The number of hydrogen-bond donors (Lipinski definition) is 0. The summed E-state index contributed by atoms with van der Waals surface area (Å²) >= 11 is 1.73. The highest BCUT2D eigenvalue weighted by Gasteiger charge is 2.26. The van der Waals surface area contributed by atoms with Crippen LogP contribution in [-0.2, 0) is 0 Å². The fourth-order valence-electron chi connectivity index (χ4n) is 7.96. The lowest BCUT2D eigenvalue weighted by molar-refractivity contribution is 1.02. The molecule has 7 aromatic carbocycles. The Balaban J connectivity index is 1.42. The molecule has 11 aromatic rings. The molecule has 0 N–H and O–H groups in total. The summed E-state index contributed by atoms with van der Waals surface area (Å²) in [4.78, 5) is 12.0. The Kier molecular flexibility index (Phi) is 5.51. The average molecular weight is 643 g/mol. The molecule has 0 aliphatic heterocycles. The third kappa shape index (κ3) is 3.68. The van der Waals surface area contributed by atoms with Crippen molar-refractivity contribution in [2.45, 2.75) is 0 Å². The first-order valence-electron chi connectivity index (χ1n) is 16.5. The fraction of sp³-hybridized carbons (Fsp3) is 0. The summed E-state index contributed by atoms with van der Waals surface area (Å²) in [6.45, 7) is 0. The average Bonchev–Trinajstić information content (AvgIpc) is 3.83. The number of fused-ring (bicyclic) bond motifs is 13. The third-order valence-electron chi connectivity index (χ3n) is 9.93. The highest BCUT2D eigenvalue weighted by Crippen LogP contribution is 2.47. The minimum absolute atomic E-state index is 0.672. The van der Waals surface area contributed by atoms with Crippen LogP contribution < -0.4 is 0 Å². The van der Waals surface area contributed by atoms with Gasteiger partial charge in [0.25, 0.3) is 0 Å². The van der Waals surface area contributed by atoms with E-state index in [0.717, 1.165) is 43.7 Å². The second-order valence-corrected chi connectivity index (χ2v) is 13.6. The van der Waals surface area contributed by atoms with Crippen LogP contribution in [0.3, 0.4) is 0 Å². The van der Waals surface area contributed by atoms with Crippen molar-refractivity contribution in [2.24, 2.45) is 0 Å². The maximum Gasteiger partial charge on any atom is 0.236 e. The molecule has 0 atom stereocenters. The molecule has 49 heavy (non-hydrogen) atoms. The first-order chi connectivity index (χ1) is 24.3. The van der Waals surface area contributed by atoms with Crippen LogP contribution in [0.25, 0.3) is 97.6 Å². The van der Waals surface area contributed by atoms with Gasteiger partial charge >= 0.3 is 0 Å². The van der Waals surface area contributed by atoms with Crippen molar-refractivity contribution in [1.29, 1.82) is 0 Å². The molecule has 0 aliphatic carbocycles. The van der Waals surface area contributed by atoms with Gasteiger partial charge in [-0.3, -0.25) is 4.57 Å². The summed E-state index contributed by atoms with van der Waals surface area (Å²) in [6.07, 6.45) is 0. The molecule has 0 unspecified atom stereocenters. The number of nitrogens with zero attached hydrogens (tertiary/aromatic N) is 4. The molecular formula is C44H26N4S. The molecule has 4 heterocycles. The summed E-state index contributed by atoms with van der Waals surface area (Å²) in [6, 6.07) is 56.2. The van der Waals surface area contributed by atoms with Gasteiger partial charge in [-0.05, 0) is 41.1 Å². The number of hydrogen-bond acceptors (Lipinski definition) is 3. The molecule has 228 valence electrons. The number of thiophene rings is 1. The normalized spacial score (nSPS) is 12.1. The Morgan fingerprint density at radius 2 is 0.918 bits per heavy atom. The van der Waals surface area contributed by atoms with E-state index in [4.69, 9.17) is 9.97 Å². The van der Waals surface area contributed by atoms with Crippen molar-refractivity contribution >= 4 is 86.0 Å². The second-order valence-electron chi connectivity index (χ2n) is 12.6. The molecular weight excluding hydrogens is 617 g/mol. The Bertz CT molecular complexity index is 3100. The fourth-order valence-corrected chi connectivity index (χ4v) is 9.03. The molecule has 0 radical (unpaired) electrons. The predicted octanol–water partition coefficient (Wildman–Crippen LogP) is 11.9. The summed E-state index contributed by atoms with van der Waals surface area (Å²) in [5.74, 6) is 0.672. The van der Waals surface area contributed by atoms with Gasteiger partial charge in [-0.1, -0.05) is 127 Å². The monoisotopic (exact) mass is 642 g/mol. The van der Waals surface area contributed by atoms with E-state index >= 15 is 0 Å². The van der Waals surface area contributed by atoms with E-state index in [0.29, 0.717) is 5.95 Å². The van der Waals surface area contributed by atoms with Gasteiger partial charge in [0.2, 0.25) is 5.95 Å². The van der Waals surface area contributed by atoms with E-state index in [-0.39, 0.29) is 0 Å². The van der Waals surface area contributed by atoms with Crippen molar-refractivity contribution in [3.05, 3.63) is 158 Å².